The summed E-state index contributed by atoms with van der Waals surface area (Å²) < 4.78 is 27.9. The summed E-state index contributed by atoms with van der Waals surface area (Å²) >= 11 is 0. The van der Waals surface area contributed by atoms with Crippen molar-refractivity contribution in [2.24, 2.45) is 0 Å². The van der Waals surface area contributed by atoms with E-state index in [0.717, 1.165) is 17.1 Å². The van der Waals surface area contributed by atoms with Crippen LogP contribution in [-0.4, -0.2) is 20.4 Å². The minimum absolute atomic E-state index is 0.0275. The number of anilines is 3. The van der Waals surface area contributed by atoms with Gasteiger partial charge < -0.3 is 4.90 Å². The van der Waals surface area contributed by atoms with Crippen LogP contribution in [0, 0.1) is 0 Å². The van der Waals surface area contributed by atoms with Gasteiger partial charge in [-0.15, -0.1) is 0 Å². The number of aromatic nitrogens is 1. The molecule has 0 saturated carbocycles. The Bertz CT molecular complexity index is 1020. The number of para-hydroxylation sites is 1. The number of sulfonamides is 1. The molecule has 0 radical (unpaired) electrons. The number of hydrogen-bond acceptors (Lipinski definition) is 4. The quantitative estimate of drug-likeness (QED) is 0.664. The average Bonchev–Trinajstić information content (AvgIpc) is 2.68. The highest BCUT2D eigenvalue weighted by Crippen LogP contribution is 2.25. The van der Waals surface area contributed by atoms with Crippen LogP contribution in [0.1, 0.15) is 26.3 Å². The first-order chi connectivity index (χ1) is 13.2. The highest BCUT2D eigenvalue weighted by atomic mass is 32.2. The monoisotopic (exact) mass is 395 g/mol. The summed E-state index contributed by atoms with van der Waals surface area (Å²) in [5.41, 5.74) is 2.48. The van der Waals surface area contributed by atoms with Crippen molar-refractivity contribution in [2.45, 2.75) is 31.1 Å². The molecule has 6 heteroatoms. The fraction of sp³-hybridized carbons (Fsp3) is 0.227. The summed E-state index contributed by atoms with van der Waals surface area (Å²) in [6.45, 7) is 6.28. The molecule has 2 aromatic carbocycles. The van der Waals surface area contributed by atoms with E-state index in [2.05, 4.69) is 30.5 Å². The predicted molar refractivity (Wildman–Crippen MR) is 115 cm³/mol. The van der Waals surface area contributed by atoms with E-state index < -0.39 is 10.0 Å². The number of hydrogen-bond donors (Lipinski definition) is 1. The maximum atomic E-state index is 12.7. The van der Waals surface area contributed by atoms with Gasteiger partial charge >= 0.3 is 0 Å². The Hall–Kier alpha value is -2.86. The Morgan fingerprint density at radius 1 is 0.893 bits per heavy atom. The first kappa shape index (κ1) is 19.9. The maximum Gasteiger partial charge on any atom is 0.261 e. The van der Waals surface area contributed by atoms with E-state index in [1.165, 1.54) is 6.20 Å². The molecule has 1 heterocycles. The SMILES string of the molecule is CN(c1ccccc1)c1ccc(NS(=O)(=O)c2ccc(C(C)(C)C)cc2)cn1. The molecule has 1 aromatic heterocycles. The first-order valence-corrected chi connectivity index (χ1v) is 10.5. The van der Waals surface area contributed by atoms with E-state index in [-0.39, 0.29) is 10.3 Å². The molecule has 0 spiro atoms. The van der Waals surface area contributed by atoms with Gasteiger partial charge in [0.15, 0.2) is 0 Å². The van der Waals surface area contributed by atoms with Crippen LogP contribution in [0.2, 0.25) is 0 Å². The molecular weight excluding hydrogens is 370 g/mol. The lowest BCUT2D eigenvalue weighted by molar-refractivity contribution is 0.587. The summed E-state index contributed by atoms with van der Waals surface area (Å²) in [7, 11) is -1.75. The third kappa shape index (κ3) is 4.51. The number of nitrogens with zero attached hydrogens (tertiary/aromatic N) is 2. The van der Waals surface area contributed by atoms with Gasteiger partial charge in [-0.3, -0.25) is 4.72 Å². The molecule has 1 N–H and O–H groups in total. The largest absolute Gasteiger partial charge is 0.329 e. The minimum Gasteiger partial charge on any atom is -0.329 e. The molecular formula is C22H25N3O2S. The third-order valence-electron chi connectivity index (χ3n) is 4.52. The fourth-order valence-electron chi connectivity index (χ4n) is 2.78. The van der Waals surface area contributed by atoms with E-state index in [1.54, 1.807) is 24.3 Å². The summed E-state index contributed by atoms with van der Waals surface area (Å²) in [4.78, 5) is 6.54. The molecule has 5 nitrogen and oxygen atoms in total. The molecule has 0 bridgehead atoms. The number of rotatable bonds is 5. The van der Waals surface area contributed by atoms with Crippen LogP contribution in [0.15, 0.2) is 77.8 Å². The van der Waals surface area contributed by atoms with E-state index in [4.69, 9.17) is 0 Å². The van der Waals surface area contributed by atoms with Crippen molar-refractivity contribution in [3.05, 3.63) is 78.5 Å². The second-order valence-electron chi connectivity index (χ2n) is 7.68. The van der Waals surface area contributed by atoms with Gasteiger partial charge in [-0.25, -0.2) is 13.4 Å². The smallest absolute Gasteiger partial charge is 0.261 e. The van der Waals surface area contributed by atoms with Crippen LogP contribution in [0.4, 0.5) is 17.2 Å². The van der Waals surface area contributed by atoms with Gasteiger partial charge in [-0.05, 0) is 47.4 Å². The molecule has 0 unspecified atom stereocenters. The predicted octanol–water partition coefficient (Wildman–Crippen LogP) is 4.95. The van der Waals surface area contributed by atoms with Gasteiger partial charge in [0.25, 0.3) is 10.0 Å². The number of nitrogens with one attached hydrogen (secondary N) is 1. The Morgan fingerprint density at radius 3 is 2.07 bits per heavy atom. The molecule has 0 aliphatic heterocycles. The van der Waals surface area contributed by atoms with Crippen molar-refractivity contribution in [1.82, 2.24) is 4.98 Å². The zero-order valence-corrected chi connectivity index (χ0v) is 17.4. The summed E-state index contributed by atoms with van der Waals surface area (Å²) in [5, 5.41) is 0. The van der Waals surface area contributed by atoms with Crippen molar-refractivity contribution in [3.63, 3.8) is 0 Å². The lowest BCUT2D eigenvalue weighted by Gasteiger charge is -2.19. The van der Waals surface area contributed by atoms with Crippen LogP contribution in [0.25, 0.3) is 0 Å². The van der Waals surface area contributed by atoms with Crippen molar-refractivity contribution in [3.8, 4) is 0 Å². The maximum absolute atomic E-state index is 12.7. The molecule has 0 amide bonds. The van der Waals surface area contributed by atoms with Crippen LogP contribution in [0.3, 0.4) is 0 Å². The summed E-state index contributed by atoms with van der Waals surface area (Å²) in [6.07, 6.45) is 1.52. The Labute approximate surface area is 167 Å². The van der Waals surface area contributed by atoms with Gasteiger partial charge in [0.2, 0.25) is 0 Å². The molecule has 28 heavy (non-hydrogen) atoms. The molecule has 3 rings (SSSR count). The zero-order chi connectivity index (χ0) is 20.4. The van der Waals surface area contributed by atoms with Crippen LogP contribution in [-0.2, 0) is 15.4 Å². The minimum atomic E-state index is -3.66. The molecule has 0 atom stereocenters. The molecule has 0 fully saturated rings. The zero-order valence-electron chi connectivity index (χ0n) is 16.5. The highest BCUT2D eigenvalue weighted by Gasteiger charge is 2.18. The standard InChI is InChI=1S/C22H25N3O2S/c1-22(2,3)17-10-13-20(14-11-17)28(26,27)24-18-12-15-21(23-16-18)25(4)19-8-6-5-7-9-19/h5-16,24H,1-4H3. The van der Waals surface area contributed by atoms with Crippen molar-refractivity contribution < 1.29 is 8.42 Å². The molecule has 0 aliphatic rings. The first-order valence-electron chi connectivity index (χ1n) is 9.05. The third-order valence-corrected chi connectivity index (χ3v) is 5.92. The second-order valence-corrected chi connectivity index (χ2v) is 9.36. The Morgan fingerprint density at radius 2 is 1.54 bits per heavy atom. The van der Waals surface area contributed by atoms with Gasteiger partial charge in [-0.1, -0.05) is 51.1 Å². The van der Waals surface area contributed by atoms with Crippen LogP contribution >= 0.6 is 0 Å². The van der Waals surface area contributed by atoms with E-state index in [0.29, 0.717) is 5.69 Å². The topological polar surface area (TPSA) is 62.3 Å². The lowest BCUT2D eigenvalue weighted by atomic mass is 9.87. The van der Waals surface area contributed by atoms with Gasteiger partial charge in [0.1, 0.15) is 5.82 Å². The lowest BCUT2D eigenvalue weighted by Crippen LogP contribution is -2.15. The van der Waals surface area contributed by atoms with Gasteiger partial charge in [-0.2, -0.15) is 0 Å². The van der Waals surface area contributed by atoms with E-state index >= 15 is 0 Å². The number of pyridine rings is 1. The summed E-state index contributed by atoms with van der Waals surface area (Å²) in [6, 6.07) is 20.3. The van der Waals surface area contributed by atoms with E-state index in [9.17, 15) is 8.42 Å². The average molecular weight is 396 g/mol. The van der Waals surface area contributed by atoms with Crippen molar-refractivity contribution in [2.75, 3.05) is 16.7 Å². The molecule has 3 aromatic rings. The van der Waals surface area contributed by atoms with Gasteiger partial charge in [0.05, 0.1) is 16.8 Å². The van der Waals surface area contributed by atoms with Crippen LogP contribution in [0.5, 0.6) is 0 Å². The number of benzene rings is 2. The molecule has 0 aliphatic carbocycles. The Balaban J connectivity index is 1.76. The second kappa shape index (κ2) is 7.64. The molecule has 146 valence electrons. The molecule has 0 saturated heterocycles. The van der Waals surface area contributed by atoms with Crippen LogP contribution < -0.4 is 9.62 Å². The summed E-state index contributed by atoms with van der Waals surface area (Å²) in [5.74, 6) is 0.726. The van der Waals surface area contributed by atoms with Gasteiger partial charge in [0, 0.05) is 12.7 Å². The Kier molecular flexibility index (Phi) is 5.42. The normalized spacial score (nSPS) is 11.9. The highest BCUT2D eigenvalue weighted by molar-refractivity contribution is 7.92. The van der Waals surface area contributed by atoms with Crippen molar-refractivity contribution >= 4 is 27.2 Å². The van der Waals surface area contributed by atoms with Crippen molar-refractivity contribution in [1.29, 1.82) is 0 Å². The fourth-order valence-corrected chi connectivity index (χ4v) is 3.82. The van der Waals surface area contributed by atoms with E-state index in [1.807, 2.05) is 54.4 Å².